The number of aryl methyl sites for hydroxylation is 2. The van der Waals surface area contributed by atoms with Crippen LogP contribution in [0.25, 0.3) is 0 Å². The number of rotatable bonds is 3. The van der Waals surface area contributed by atoms with Crippen LogP contribution in [0.5, 0.6) is 0 Å². The SMILES string of the molecule is Cc1ccc(NS(=O)(=O)c2cccc3c2C(=O)c2ccccc2C3=O)cc1C. The van der Waals surface area contributed by atoms with Crippen LogP contribution in [0, 0.1) is 13.8 Å². The second-order valence-corrected chi connectivity index (χ2v) is 8.44. The van der Waals surface area contributed by atoms with Crippen LogP contribution in [0.4, 0.5) is 5.69 Å². The van der Waals surface area contributed by atoms with Gasteiger partial charge in [-0.05, 0) is 43.2 Å². The van der Waals surface area contributed by atoms with Crippen LogP contribution in [0.1, 0.15) is 43.0 Å². The maximum Gasteiger partial charge on any atom is 0.262 e. The summed E-state index contributed by atoms with van der Waals surface area (Å²) in [6.45, 7) is 3.82. The molecule has 1 aliphatic rings. The highest BCUT2D eigenvalue weighted by atomic mass is 32.2. The number of carbonyl (C=O) groups is 2. The van der Waals surface area contributed by atoms with E-state index in [2.05, 4.69) is 4.72 Å². The molecule has 140 valence electrons. The molecule has 0 aromatic heterocycles. The minimum absolute atomic E-state index is 0.0810. The van der Waals surface area contributed by atoms with Crippen molar-refractivity contribution in [1.82, 2.24) is 0 Å². The summed E-state index contributed by atoms with van der Waals surface area (Å²) >= 11 is 0. The molecule has 0 atom stereocenters. The van der Waals surface area contributed by atoms with Crippen LogP contribution >= 0.6 is 0 Å². The number of hydrogen-bond donors (Lipinski definition) is 1. The number of benzene rings is 3. The fourth-order valence-electron chi connectivity index (χ4n) is 3.35. The first-order chi connectivity index (χ1) is 13.3. The number of fused-ring (bicyclic) bond motifs is 2. The van der Waals surface area contributed by atoms with Gasteiger partial charge in [0.25, 0.3) is 10.0 Å². The van der Waals surface area contributed by atoms with Gasteiger partial charge in [-0.2, -0.15) is 0 Å². The molecule has 0 unspecified atom stereocenters. The van der Waals surface area contributed by atoms with Gasteiger partial charge >= 0.3 is 0 Å². The molecular weight excluding hydrogens is 374 g/mol. The fourth-order valence-corrected chi connectivity index (χ4v) is 4.63. The zero-order valence-corrected chi connectivity index (χ0v) is 16.1. The molecule has 1 aliphatic carbocycles. The van der Waals surface area contributed by atoms with Crippen molar-refractivity contribution in [3.05, 3.63) is 94.0 Å². The summed E-state index contributed by atoms with van der Waals surface area (Å²) in [6, 6.07) is 16.0. The molecule has 0 aliphatic heterocycles. The predicted molar refractivity (Wildman–Crippen MR) is 106 cm³/mol. The number of hydrogen-bond acceptors (Lipinski definition) is 4. The lowest BCUT2D eigenvalue weighted by Crippen LogP contribution is -2.25. The van der Waals surface area contributed by atoms with Crippen molar-refractivity contribution in [2.24, 2.45) is 0 Å². The minimum atomic E-state index is -4.07. The Bertz CT molecular complexity index is 1260. The zero-order valence-electron chi connectivity index (χ0n) is 15.3. The van der Waals surface area contributed by atoms with Gasteiger partial charge in [-0.25, -0.2) is 8.42 Å². The zero-order chi connectivity index (χ0) is 20.1. The average Bonchev–Trinajstić information content (AvgIpc) is 2.68. The van der Waals surface area contributed by atoms with Crippen molar-refractivity contribution in [2.45, 2.75) is 18.7 Å². The predicted octanol–water partition coefficient (Wildman–Crippen LogP) is 3.88. The molecule has 0 saturated heterocycles. The van der Waals surface area contributed by atoms with Gasteiger partial charge in [0.05, 0.1) is 10.5 Å². The third kappa shape index (κ3) is 2.82. The number of sulfonamides is 1. The molecular formula is C22H17NO4S. The van der Waals surface area contributed by atoms with E-state index in [0.29, 0.717) is 5.69 Å². The molecule has 0 radical (unpaired) electrons. The Morgan fingerprint density at radius 1 is 0.714 bits per heavy atom. The van der Waals surface area contributed by atoms with Gasteiger partial charge in [0.1, 0.15) is 0 Å². The molecule has 0 saturated carbocycles. The Labute approximate surface area is 163 Å². The number of ketones is 2. The van der Waals surface area contributed by atoms with E-state index in [0.717, 1.165) is 11.1 Å². The van der Waals surface area contributed by atoms with Crippen molar-refractivity contribution < 1.29 is 18.0 Å². The molecule has 0 heterocycles. The van der Waals surface area contributed by atoms with Crippen LogP contribution in [-0.2, 0) is 10.0 Å². The summed E-state index contributed by atoms with van der Waals surface area (Å²) in [7, 11) is -4.07. The van der Waals surface area contributed by atoms with Gasteiger partial charge in [-0.15, -0.1) is 0 Å². The number of carbonyl (C=O) groups excluding carboxylic acids is 2. The van der Waals surface area contributed by atoms with Gasteiger partial charge < -0.3 is 0 Å². The fraction of sp³-hybridized carbons (Fsp3) is 0.0909. The van der Waals surface area contributed by atoms with E-state index in [9.17, 15) is 18.0 Å². The molecule has 6 heteroatoms. The second kappa shape index (κ2) is 6.42. The van der Waals surface area contributed by atoms with E-state index in [1.54, 1.807) is 36.4 Å². The highest BCUT2D eigenvalue weighted by Gasteiger charge is 2.34. The Kier molecular flexibility index (Phi) is 4.16. The first-order valence-corrected chi connectivity index (χ1v) is 10.2. The summed E-state index contributed by atoms with van der Waals surface area (Å²) < 4.78 is 28.6. The Morgan fingerprint density at radius 2 is 1.36 bits per heavy atom. The molecule has 5 nitrogen and oxygen atoms in total. The summed E-state index contributed by atoms with van der Waals surface area (Å²) in [4.78, 5) is 25.6. The van der Waals surface area contributed by atoms with Crippen molar-refractivity contribution in [3.8, 4) is 0 Å². The van der Waals surface area contributed by atoms with Gasteiger partial charge in [-0.3, -0.25) is 14.3 Å². The normalized spacial score (nSPS) is 13.1. The Morgan fingerprint density at radius 3 is 2.04 bits per heavy atom. The summed E-state index contributed by atoms with van der Waals surface area (Å²) in [5.74, 6) is -0.820. The van der Waals surface area contributed by atoms with Crippen LogP contribution < -0.4 is 4.72 Å². The van der Waals surface area contributed by atoms with E-state index in [1.807, 2.05) is 19.9 Å². The molecule has 0 fully saturated rings. The topological polar surface area (TPSA) is 80.3 Å². The molecule has 3 aromatic carbocycles. The van der Waals surface area contributed by atoms with Gasteiger partial charge in [0.2, 0.25) is 0 Å². The first-order valence-electron chi connectivity index (χ1n) is 8.71. The third-order valence-electron chi connectivity index (χ3n) is 4.96. The van der Waals surface area contributed by atoms with Gasteiger partial charge in [-0.1, -0.05) is 42.5 Å². The second-order valence-electron chi connectivity index (χ2n) is 6.79. The lowest BCUT2D eigenvalue weighted by Gasteiger charge is -2.20. The average molecular weight is 391 g/mol. The van der Waals surface area contributed by atoms with Crippen LogP contribution in [-0.4, -0.2) is 20.0 Å². The van der Waals surface area contributed by atoms with Crippen molar-refractivity contribution in [2.75, 3.05) is 4.72 Å². The summed E-state index contributed by atoms with van der Waals surface area (Å²) in [5.41, 5.74) is 2.91. The van der Waals surface area contributed by atoms with Crippen LogP contribution in [0.2, 0.25) is 0 Å². The third-order valence-corrected chi connectivity index (χ3v) is 6.39. The van der Waals surface area contributed by atoms with E-state index in [1.165, 1.54) is 18.2 Å². The highest BCUT2D eigenvalue weighted by molar-refractivity contribution is 7.92. The molecule has 0 amide bonds. The van der Waals surface area contributed by atoms with Crippen molar-refractivity contribution in [3.63, 3.8) is 0 Å². The standard InChI is InChI=1S/C22H17NO4S/c1-13-10-11-15(12-14(13)2)23-28(26,27)19-9-5-8-18-20(19)22(25)17-7-4-3-6-16(17)21(18)24/h3-12,23H,1-2H3. The van der Waals surface area contributed by atoms with Gasteiger partial charge in [0, 0.05) is 22.4 Å². The lowest BCUT2D eigenvalue weighted by atomic mass is 9.84. The summed E-state index contributed by atoms with van der Waals surface area (Å²) in [5, 5.41) is 0. The minimum Gasteiger partial charge on any atom is -0.289 e. The van der Waals surface area contributed by atoms with Crippen molar-refractivity contribution >= 4 is 27.3 Å². The van der Waals surface area contributed by atoms with E-state index >= 15 is 0 Å². The van der Waals surface area contributed by atoms with E-state index < -0.39 is 15.8 Å². The maximum atomic E-state index is 13.1. The van der Waals surface area contributed by atoms with Crippen LogP contribution in [0.15, 0.2) is 65.6 Å². The molecule has 0 bridgehead atoms. The lowest BCUT2D eigenvalue weighted by molar-refractivity contribution is 0.0976. The largest absolute Gasteiger partial charge is 0.289 e. The monoisotopic (exact) mass is 391 g/mol. The Balaban J connectivity index is 1.85. The molecule has 1 N–H and O–H groups in total. The maximum absolute atomic E-state index is 13.1. The molecule has 0 spiro atoms. The summed E-state index contributed by atoms with van der Waals surface area (Å²) in [6.07, 6.45) is 0. The van der Waals surface area contributed by atoms with E-state index in [-0.39, 0.29) is 32.9 Å². The molecule has 4 rings (SSSR count). The Hall–Kier alpha value is -3.25. The van der Waals surface area contributed by atoms with Crippen LogP contribution in [0.3, 0.4) is 0 Å². The van der Waals surface area contributed by atoms with Crippen molar-refractivity contribution in [1.29, 1.82) is 0 Å². The molecule has 3 aromatic rings. The van der Waals surface area contributed by atoms with Gasteiger partial charge in [0.15, 0.2) is 11.6 Å². The molecule has 28 heavy (non-hydrogen) atoms. The quantitative estimate of drug-likeness (QED) is 0.575. The number of nitrogens with one attached hydrogen (secondary N) is 1. The van der Waals surface area contributed by atoms with E-state index in [4.69, 9.17) is 0 Å². The first kappa shape index (κ1) is 18.1. The number of anilines is 1. The highest BCUT2D eigenvalue weighted by Crippen LogP contribution is 2.32. The smallest absolute Gasteiger partial charge is 0.262 e.